The molecule has 1 saturated carbocycles. The molecule has 1 aromatic carbocycles. The van der Waals surface area contributed by atoms with Crippen LogP contribution in [-0.4, -0.2) is 85.0 Å². The van der Waals surface area contributed by atoms with Crippen molar-refractivity contribution in [3.05, 3.63) is 48.0 Å². The summed E-state index contributed by atoms with van der Waals surface area (Å²) in [5.74, 6) is -1.38. The average Bonchev–Trinajstić information content (AvgIpc) is 3.39. The summed E-state index contributed by atoms with van der Waals surface area (Å²) < 4.78 is 38.0. The predicted molar refractivity (Wildman–Crippen MR) is 137 cm³/mol. The lowest BCUT2D eigenvalue weighted by atomic mass is 10.1. The zero-order chi connectivity index (χ0) is 27.7. The van der Waals surface area contributed by atoms with Crippen LogP contribution in [0, 0.1) is 5.92 Å². The monoisotopic (exact) mass is 571 g/mol. The van der Waals surface area contributed by atoms with Gasteiger partial charge in [-0.3, -0.25) is 23.5 Å². The van der Waals surface area contributed by atoms with Crippen LogP contribution in [0.2, 0.25) is 0 Å². The number of ether oxygens (including phenoxy) is 3. The van der Waals surface area contributed by atoms with E-state index in [-0.39, 0.29) is 37.8 Å². The Kier molecular flexibility index (Phi) is 10.8. The molecule has 13 nitrogen and oxygen atoms in total. The number of rotatable bonds is 12. The molecule has 1 fully saturated rings. The smallest absolute Gasteiger partial charge is 0.434 e. The average molecular weight is 572 g/mol. The maximum atomic E-state index is 12.2. The number of carbonyl (C=O) groups is 3. The first-order valence-corrected chi connectivity index (χ1v) is 13.5. The van der Waals surface area contributed by atoms with Gasteiger partial charge in [-0.15, -0.1) is 0 Å². The van der Waals surface area contributed by atoms with E-state index in [1.54, 1.807) is 12.1 Å². The Morgan fingerprint density at radius 3 is 2.45 bits per heavy atom. The molecule has 0 aromatic heterocycles. The van der Waals surface area contributed by atoms with Crippen LogP contribution in [-0.2, 0) is 44.0 Å². The van der Waals surface area contributed by atoms with Gasteiger partial charge in [-0.2, -0.15) is 0 Å². The molecule has 1 aliphatic heterocycles. The first-order chi connectivity index (χ1) is 18.1. The maximum absolute atomic E-state index is 12.2. The second kappa shape index (κ2) is 13.8. The number of thiocarbonyl (C=S) groups is 1. The standard InChI is InChI=1S/C23H30N3O10PS/c1-32-21-17(25-22(38)24-10-11-26-18(27)8-9-19(26)28)12-16(20(21)36-37(30,31)33-2)14-35-23(29)34-13-15-6-4-3-5-7-15/h3-9,16-17,20-21H,10-14H2,1-2H3,(H,30,31)(H2,24,25,38)/t16-,17+,20?,21-/m1/s1. The third kappa shape index (κ3) is 8.32. The van der Waals surface area contributed by atoms with Crippen LogP contribution in [0.25, 0.3) is 0 Å². The molecular weight excluding hydrogens is 541 g/mol. The van der Waals surface area contributed by atoms with E-state index >= 15 is 0 Å². The summed E-state index contributed by atoms with van der Waals surface area (Å²) in [6.07, 6.45) is -0.00219. The molecule has 3 rings (SSSR count). The SMILES string of the molecule is CO[C@H]1C(OP(=O)(O)OC)[C@@H](COC(=O)OCc2ccccc2)C[C@@H]1NC(=S)NCCN1C(=O)C=CC1=O. The van der Waals surface area contributed by atoms with E-state index in [1.807, 2.05) is 18.2 Å². The van der Waals surface area contributed by atoms with Gasteiger partial charge in [-0.25, -0.2) is 9.36 Å². The van der Waals surface area contributed by atoms with Gasteiger partial charge in [0.05, 0.1) is 6.04 Å². The van der Waals surface area contributed by atoms with E-state index in [0.717, 1.165) is 17.6 Å². The largest absolute Gasteiger partial charge is 0.508 e. The van der Waals surface area contributed by atoms with Crippen molar-refractivity contribution >= 4 is 43.1 Å². The number of methoxy groups -OCH3 is 1. The van der Waals surface area contributed by atoms with Gasteiger partial charge in [0, 0.05) is 45.4 Å². The summed E-state index contributed by atoms with van der Waals surface area (Å²) in [7, 11) is -1.99. The molecule has 0 radical (unpaired) electrons. The number of hydrogen-bond acceptors (Lipinski definition) is 10. The molecule has 15 heteroatoms. The van der Waals surface area contributed by atoms with Gasteiger partial charge in [0.25, 0.3) is 11.8 Å². The van der Waals surface area contributed by atoms with Crippen LogP contribution in [0.3, 0.4) is 0 Å². The summed E-state index contributed by atoms with van der Waals surface area (Å²) in [5.41, 5.74) is 0.785. The van der Waals surface area contributed by atoms with Crippen LogP contribution >= 0.6 is 20.0 Å². The molecule has 1 aliphatic carbocycles. The Morgan fingerprint density at radius 2 is 1.82 bits per heavy atom. The third-order valence-corrected chi connectivity index (χ3v) is 7.19. The first kappa shape index (κ1) is 29.7. The van der Waals surface area contributed by atoms with Gasteiger partial charge in [0.2, 0.25) is 0 Å². The Labute approximate surface area is 225 Å². The Bertz CT molecular complexity index is 1070. The van der Waals surface area contributed by atoms with Crippen molar-refractivity contribution < 1.29 is 47.1 Å². The minimum atomic E-state index is -4.42. The van der Waals surface area contributed by atoms with Crippen molar-refractivity contribution in [1.82, 2.24) is 15.5 Å². The lowest BCUT2D eigenvalue weighted by Crippen LogP contribution is -2.49. The number of hydrogen-bond donors (Lipinski definition) is 3. The van der Waals surface area contributed by atoms with Crippen molar-refractivity contribution in [3.63, 3.8) is 0 Å². The molecule has 208 valence electrons. The quantitative estimate of drug-likeness (QED) is 0.142. The zero-order valence-electron chi connectivity index (χ0n) is 20.8. The van der Waals surface area contributed by atoms with Crippen LogP contribution in [0.1, 0.15) is 12.0 Å². The lowest BCUT2D eigenvalue weighted by molar-refractivity contribution is -0.136. The summed E-state index contributed by atoms with van der Waals surface area (Å²) in [6.45, 7) is 0.145. The van der Waals surface area contributed by atoms with Gasteiger partial charge in [0.15, 0.2) is 5.11 Å². The fourth-order valence-electron chi connectivity index (χ4n) is 4.12. The summed E-state index contributed by atoms with van der Waals surface area (Å²) >= 11 is 5.33. The molecule has 1 heterocycles. The van der Waals surface area contributed by atoms with E-state index < -0.39 is 50.0 Å². The Morgan fingerprint density at radius 1 is 1.13 bits per heavy atom. The van der Waals surface area contributed by atoms with Crippen molar-refractivity contribution in [2.45, 2.75) is 31.3 Å². The molecule has 2 aliphatic rings. The van der Waals surface area contributed by atoms with Crippen LogP contribution in [0.15, 0.2) is 42.5 Å². The molecule has 2 unspecified atom stereocenters. The lowest BCUT2D eigenvalue weighted by Gasteiger charge is -2.27. The van der Waals surface area contributed by atoms with Crippen LogP contribution in [0.4, 0.5) is 4.79 Å². The molecule has 2 amide bonds. The van der Waals surface area contributed by atoms with Crippen molar-refractivity contribution in [1.29, 1.82) is 0 Å². The second-order valence-electron chi connectivity index (χ2n) is 8.42. The number of phosphoric ester groups is 1. The van der Waals surface area contributed by atoms with Gasteiger partial charge < -0.3 is 29.7 Å². The third-order valence-electron chi connectivity index (χ3n) is 5.95. The number of amides is 2. The topological polar surface area (TPSA) is 162 Å². The number of benzene rings is 1. The highest BCUT2D eigenvalue weighted by molar-refractivity contribution is 7.80. The molecule has 0 bridgehead atoms. The summed E-state index contributed by atoms with van der Waals surface area (Å²) in [4.78, 5) is 46.5. The van der Waals surface area contributed by atoms with Crippen LogP contribution < -0.4 is 10.6 Å². The number of nitrogens with zero attached hydrogens (tertiary/aromatic N) is 1. The number of nitrogens with one attached hydrogen (secondary N) is 2. The molecule has 0 saturated heterocycles. The zero-order valence-corrected chi connectivity index (χ0v) is 22.5. The molecule has 1 aromatic rings. The number of imide groups is 1. The minimum absolute atomic E-state index is 0.0231. The predicted octanol–water partition coefficient (Wildman–Crippen LogP) is 1.26. The Balaban J connectivity index is 1.56. The second-order valence-corrected chi connectivity index (χ2v) is 10.3. The fourth-order valence-corrected chi connectivity index (χ4v) is 5.06. The highest BCUT2D eigenvalue weighted by Gasteiger charge is 2.48. The van der Waals surface area contributed by atoms with E-state index in [1.165, 1.54) is 19.3 Å². The number of carbonyl (C=O) groups excluding carboxylic acids is 3. The highest BCUT2D eigenvalue weighted by atomic mass is 32.1. The molecule has 3 N–H and O–H groups in total. The molecule has 38 heavy (non-hydrogen) atoms. The summed E-state index contributed by atoms with van der Waals surface area (Å²) in [5, 5.41) is 6.16. The van der Waals surface area contributed by atoms with E-state index in [4.69, 9.17) is 31.0 Å². The number of phosphoric acid groups is 1. The van der Waals surface area contributed by atoms with E-state index in [9.17, 15) is 23.8 Å². The van der Waals surface area contributed by atoms with E-state index in [0.29, 0.717) is 0 Å². The van der Waals surface area contributed by atoms with Crippen molar-refractivity contribution in [2.75, 3.05) is 33.9 Å². The first-order valence-electron chi connectivity index (χ1n) is 11.6. The van der Waals surface area contributed by atoms with Crippen molar-refractivity contribution in [3.8, 4) is 0 Å². The Hall–Kier alpha value is -2.87. The molecular formula is C23H30N3O10PS. The highest BCUT2D eigenvalue weighted by Crippen LogP contribution is 2.48. The van der Waals surface area contributed by atoms with Gasteiger partial charge in [-0.05, 0) is 24.2 Å². The van der Waals surface area contributed by atoms with Gasteiger partial charge in [0.1, 0.15) is 25.4 Å². The minimum Gasteiger partial charge on any atom is -0.434 e. The molecule has 0 spiro atoms. The van der Waals surface area contributed by atoms with E-state index in [2.05, 4.69) is 15.2 Å². The van der Waals surface area contributed by atoms with Gasteiger partial charge >= 0.3 is 14.0 Å². The molecule has 5 atom stereocenters. The normalized spacial score (nSPS) is 24.2. The fraction of sp³-hybridized carbons (Fsp3) is 0.478. The maximum Gasteiger partial charge on any atom is 0.508 e. The van der Waals surface area contributed by atoms with Gasteiger partial charge in [-0.1, -0.05) is 30.3 Å². The summed E-state index contributed by atoms with van der Waals surface area (Å²) in [6, 6.07) is 8.55. The van der Waals surface area contributed by atoms with Crippen LogP contribution in [0.5, 0.6) is 0 Å². The van der Waals surface area contributed by atoms with Crippen molar-refractivity contribution in [2.24, 2.45) is 5.92 Å².